The molecule has 0 bridgehead atoms. The number of aromatic nitrogens is 1. The Morgan fingerprint density at radius 2 is 2.24 bits per heavy atom. The first-order valence-electron chi connectivity index (χ1n) is 5.94. The minimum Gasteiger partial charge on any atom is -0.271 e. The Bertz CT molecular complexity index is 333. The number of alkyl halides is 1. The van der Waals surface area contributed by atoms with Gasteiger partial charge in [0.05, 0.1) is 10.7 Å². The highest BCUT2D eigenvalue weighted by atomic mass is 35.5. The molecule has 3 nitrogen and oxygen atoms in total. The molecule has 1 aromatic rings. The van der Waals surface area contributed by atoms with Gasteiger partial charge in [-0.25, -0.2) is 4.98 Å². The summed E-state index contributed by atoms with van der Waals surface area (Å²) in [6.07, 6.45) is 2.85. The third-order valence-electron chi connectivity index (χ3n) is 2.66. The average molecular weight is 276 g/mol. The molecule has 0 aliphatic rings. The predicted molar refractivity (Wildman–Crippen MR) is 75.6 cm³/mol. The van der Waals surface area contributed by atoms with Crippen LogP contribution in [0.1, 0.15) is 44.3 Å². The topological polar surface area (TPSA) is 50.9 Å². The van der Waals surface area contributed by atoms with E-state index >= 15 is 0 Å². The zero-order chi connectivity index (χ0) is 12.9. The van der Waals surface area contributed by atoms with Crippen molar-refractivity contribution in [3.8, 4) is 0 Å². The molecule has 3 N–H and O–H groups in total. The van der Waals surface area contributed by atoms with Gasteiger partial charge in [-0.05, 0) is 12.8 Å². The molecule has 1 unspecified atom stereocenters. The molecule has 1 rings (SSSR count). The molecule has 0 radical (unpaired) electrons. The van der Waals surface area contributed by atoms with Crippen LogP contribution >= 0.6 is 22.9 Å². The first-order chi connectivity index (χ1) is 7.97. The Balaban J connectivity index is 2.58. The van der Waals surface area contributed by atoms with E-state index in [0.29, 0.717) is 5.88 Å². The highest BCUT2D eigenvalue weighted by Gasteiger charge is 2.18. The SMILES string of the molecule is CC(C)(C)c1csc(CC(CCCCl)NN)n1. The number of nitrogens with two attached hydrogens (primary N) is 1. The van der Waals surface area contributed by atoms with Crippen molar-refractivity contribution in [3.63, 3.8) is 0 Å². The monoisotopic (exact) mass is 275 g/mol. The fraction of sp³-hybridized carbons (Fsp3) is 0.750. The molecular weight excluding hydrogens is 254 g/mol. The van der Waals surface area contributed by atoms with Gasteiger partial charge >= 0.3 is 0 Å². The summed E-state index contributed by atoms with van der Waals surface area (Å²) >= 11 is 7.40. The van der Waals surface area contributed by atoms with Gasteiger partial charge in [-0.3, -0.25) is 11.3 Å². The highest BCUT2D eigenvalue weighted by Crippen LogP contribution is 2.24. The molecule has 5 heteroatoms. The van der Waals surface area contributed by atoms with Crippen molar-refractivity contribution < 1.29 is 0 Å². The van der Waals surface area contributed by atoms with Crippen molar-refractivity contribution in [2.24, 2.45) is 5.84 Å². The van der Waals surface area contributed by atoms with Crippen LogP contribution in [0.4, 0.5) is 0 Å². The number of hydrazine groups is 1. The van der Waals surface area contributed by atoms with Crippen molar-refractivity contribution in [3.05, 3.63) is 16.1 Å². The van der Waals surface area contributed by atoms with E-state index in [-0.39, 0.29) is 11.5 Å². The Morgan fingerprint density at radius 3 is 2.71 bits per heavy atom. The molecule has 0 aliphatic carbocycles. The number of thiazole rings is 1. The number of rotatable bonds is 6. The summed E-state index contributed by atoms with van der Waals surface area (Å²) in [6.45, 7) is 6.54. The van der Waals surface area contributed by atoms with Crippen molar-refractivity contribution in [2.45, 2.75) is 51.5 Å². The maximum atomic E-state index is 5.69. The molecule has 0 aromatic carbocycles. The lowest BCUT2D eigenvalue weighted by Gasteiger charge is -2.15. The Morgan fingerprint density at radius 1 is 1.53 bits per heavy atom. The van der Waals surface area contributed by atoms with Crippen LogP contribution in [-0.4, -0.2) is 16.9 Å². The largest absolute Gasteiger partial charge is 0.271 e. The van der Waals surface area contributed by atoms with Crippen LogP contribution in [0.15, 0.2) is 5.38 Å². The molecule has 0 fully saturated rings. The van der Waals surface area contributed by atoms with Crippen molar-refractivity contribution in [1.29, 1.82) is 0 Å². The van der Waals surface area contributed by atoms with Crippen LogP contribution < -0.4 is 11.3 Å². The van der Waals surface area contributed by atoms with Gasteiger partial charge in [-0.2, -0.15) is 0 Å². The molecule has 0 amide bonds. The summed E-state index contributed by atoms with van der Waals surface area (Å²) < 4.78 is 0. The Labute approximate surface area is 113 Å². The van der Waals surface area contributed by atoms with Crippen LogP contribution in [0.5, 0.6) is 0 Å². The van der Waals surface area contributed by atoms with E-state index < -0.39 is 0 Å². The molecule has 0 saturated heterocycles. The number of halogens is 1. The lowest BCUT2D eigenvalue weighted by atomic mass is 9.93. The second-order valence-corrected chi connectivity index (χ2v) is 6.60. The molecular formula is C12H22ClN3S. The minimum atomic E-state index is 0.122. The van der Waals surface area contributed by atoms with Gasteiger partial charge in [0.2, 0.25) is 0 Å². The average Bonchev–Trinajstić information content (AvgIpc) is 2.72. The predicted octanol–water partition coefficient (Wildman–Crippen LogP) is 2.83. The maximum absolute atomic E-state index is 5.69. The molecule has 17 heavy (non-hydrogen) atoms. The summed E-state index contributed by atoms with van der Waals surface area (Å²) in [5.74, 6) is 6.22. The quantitative estimate of drug-likeness (QED) is 0.477. The zero-order valence-corrected chi connectivity index (χ0v) is 12.4. The first kappa shape index (κ1) is 14.9. The molecule has 98 valence electrons. The number of nitrogens with one attached hydrogen (secondary N) is 1. The Kier molecular flexibility index (Phi) is 5.86. The van der Waals surface area contributed by atoms with Gasteiger partial charge in [-0.15, -0.1) is 22.9 Å². The van der Waals surface area contributed by atoms with E-state index in [1.165, 1.54) is 0 Å². The summed E-state index contributed by atoms with van der Waals surface area (Å²) in [6, 6.07) is 0.271. The van der Waals surface area contributed by atoms with Crippen LogP contribution in [-0.2, 0) is 11.8 Å². The van der Waals surface area contributed by atoms with Crippen molar-refractivity contribution in [2.75, 3.05) is 5.88 Å². The normalized spacial score (nSPS) is 13.9. The van der Waals surface area contributed by atoms with Gasteiger partial charge in [-0.1, -0.05) is 20.8 Å². The lowest BCUT2D eigenvalue weighted by Crippen LogP contribution is -2.36. The first-order valence-corrected chi connectivity index (χ1v) is 7.35. The van der Waals surface area contributed by atoms with Crippen LogP contribution in [0, 0.1) is 0 Å². The van der Waals surface area contributed by atoms with Gasteiger partial charge in [0.1, 0.15) is 0 Å². The zero-order valence-electron chi connectivity index (χ0n) is 10.8. The minimum absolute atomic E-state index is 0.122. The highest BCUT2D eigenvalue weighted by molar-refractivity contribution is 7.09. The van der Waals surface area contributed by atoms with E-state index in [0.717, 1.165) is 30.0 Å². The second-order valence-electron chi connectivity index (χ2n) is 5.28. The molecule has 0 aliphatic heterocycles. The maximum Gasteiger partial charge on any atom is 0.0944 e. The smallest absolute Gasteiger partial charge is 0.0944 e. The number of hydrogen-bond acceptors (Lipinski definition) is 4. The fourth-order valence-corrected chi connectivity index (χ4v) is 2.78. The van der Waals surface area contributed by atoms with E-state index in [2.05, 4.69) is 36.6 Å². The third kappa shape index (κ3) is 4.92. The van der Waals surface area contributed by atoms with Crippen molar-refractivity contribution in [1.82, 2.24) is 10.4 Å². The number of nitrogens with zero attached hydrogens (tertiary/aromatic N) is 1. The van der Waals surface area contributed by atoms with E-state index in [1.807, 2.05) is 0 Å². The standard InChI is InChI=1S/C12H22ClN3S/c1-12(2,3)10-8-17-11(15-10)7-9(16-14)5-4-6-13/h8-9,16H,4-7,14H2,1-3H3. The van der Waals surface area contributed by atoms with Gasteiger partial charge in [0, 0.05) is 29.1 Å². The van der Waals surface area contributed by atoms with E-state index in [1.54, 1.807) is 11.3 Å². The van der Waals surface area contributed by atoms with Crippen LogP contribution in [0.25, 0.3) is 0 Å². The third-order valence-corrected chi connectivity index (χ3v) is 3.80. The molecule has 1 heterocycles. The summed E-state index contributed by atoms with van der Waals surface area (Å²) in [5, 5.41) is 3.29. The molecule has 0 saturated carbocycles. The Hall–Kier alpha value is -0.160. The number of hydrogen-bond donors (Lipinski definition) is 2. The fourth-order valence-electron chi connectivity index (χ4n) is 1.53. The molecule has 1 atom stereocenters. The second kappa shape index (κ2) is 6.69. The van der Waals surface area contributed by atoms with Crippen LogP contribution in [0.3, 0.4) is 0 Å². The summed E-state index contributed by atoms with van der Waals surface area (Å²) in [5.41, 5.74) is 4.12. The molecule has 1 aromatic heterocycles. The van der Waals surface area contributed by atoms with E-state index in [9.17, 15) is 0 Å². The summed E-state index contributed by atoms with van der Waals surface area (Å²) in [4.78, 5) is 4.67. The summed E-state index contributed by atoms with van der Waals surface area (Å²) in [7, 11) is 0. The van der Waals surface area contributed by atoms with Gasteiger partial charge in [0.15, 0.2) is 0 Å². The van der Waals surface area contributed by atoms with E-state index in [4.69, 9.17) is 17.4 Å². The van der Waals surface area contributed by atoms with Crippen LogP contribution in [0.2, 0.25) is 0 Å². The molecule has 0 spiro atoms. The lowest BCUT2D eigenvalue weighted by molar-refractivity contribution is 0.484. The van der Waals surface area contributed by atoms with Crippen molar-refractivity contribution >= 4 is 22.9 Å². The van der Waals surface area contributed by atoms with Gasteiger partial charge < -0.3 is 0 Å². The van der Waals surface area contributed by atoms with Gasteiger partial charge in [0.25, 0.3) is 0 Å².